The SMILES string of the molecule is CC[C@H]1CCCC[NH+]1Cn1nnc2ccccc2c1=O. The molecule has 5 heteroatoms. The van der Waals surface area contributed by atoms with Crippen LogP contribution in [-0.4, -0.2) is 27.6 Å². The molecule has 1 fully saturated rings. The fourth-order valence-corrected chi connectivity index (χ4v) is 3.17. The van der Waals surface area contributed by atoms with Crippen molar-refractivity contribution in [2.75, 3.05) is 6.54 Å². The zero-order valence-electron chi connectivity index (χ0n) is 11.9. The van der Waals surface area contributed by atoms with Crippen LogP contribution >= 0.6 is 0 Å². The number of likely N-dealkylation sites (tertiary alicyclic amines) is 1. The molecule has 2 heterocycles. The Morgan fingerprint density at radius 1 is 1.35 bits per heavy atom. The zero-order chi connectivity index (χ0) is 13.9. The lowest BCUT2D eigenvalue weighted by atomic mass is 10.0. The number of rotatable bonds is 3. The first-order chi connectivity index (χ1) is 9.79. The van der Waals surface area contributed by atoms with E-state index in [1.165, 1.54) is 28.8 Å². The average Bonchev–Trinajstić information content (AvgIpc) is 2.51. The summed E-state index contributed by atoms with van der Waals surface area (Å²) in [5, 5.41) is 8.92. The van der Waals surface area contributed by atoms with Crippen molar-refractivity contribution in [2.45, 2.75) is 45.3 Å². The van der Waals surface area contributed by atoms with E-state index in [1.54, 1.807) is 0 Å². The minimum atomic E-state index is -0.0245. The number of piperidine rings is 1. The van der Waals surface area contributed by atoms with Crippen LogP contribution in [0.2, 0.25) is 0 Å². The molecule has 1 aromatic carbocycles. The van der Waals surface area contributed by atoms with Gasteiger partial charge in [0.05, 0.1) is 18.0 Å². The summed E-state index contributed by atoms with van der Waals surface area (Å²) in [6.07, 6.45) is 4.95. The van der Waals surface area contributed by atoms with Crippen molar-refractivity contribution in [1.82, 2.24) is 15.0 Å². The normalized spacial score (nSPS) is 23.1. The van der Waals surface area contributed by atoms with Crippen LogP contribution < -0.4 is 10.5 Å². The van der Waals surface area contributed by atoms with Gasteiger partial charge in [-0.05, 0) is 37.8 Å². The Balaban J connectivity index is 1.90. The minimum Gasteiger partial charge on any atom is -0.314 e. The molecular weight excluding hydrogens is 252 g/mol. The maximum atomic E-state index is 12.4. The molecule has 1 aliphatic rings. The number of hydrogen-bond donors (Lipinski definition) is 1. The molecule has 1 N–H and O–H groups in total. The number of hydrogen-bond acceptors (Lipinski definition) is 3. The molecule has 0 saturated carbocycles. The molecule has 3 rings (SSSR count). The molecule has 2 aromatic rings. The lowest BCUT2D eigenvalue weighted by Gasteiger charge is -2.31. The van der Waals surface area contributed by atoms with Crippen LogP contribution in [0.3, 0.4) is 0 Å². The number of aromatic nitrogens is 3. The molecular formula is C15H21N4O+. The Kier molecular flexibility index (Phi) is 3.78. The molecule has 0 aliphatic carbocycles. The summed E-state index contributed by atoms with van der Waals surface area (Å²) in [5.74, 6) is 0. The lowest BCUT2D eigenvalue weighted by Crippen LogP contribution is -3.16. The van der Waals surface area contributed by atoms with Crippen LogP contribution in [0.1, 0.15) is 32.6 Å². The summed E-state index contributed by atoms with van der Waals surface area (Å²) in [5.41, 5.74) is 0.651. The van der Waals surface area contributed by atoms with Crippen molar-refractivity contribution >= 4 is 10.9 Å². The maximum Gasteiger partial charge on any atom is 0.282 e. The van der Waals surface area contributed by atoms with Crippen molar-refractivity contribution in [1.29, 1.82) is 0 Å². The fourth-order valence-electron chi connectivity index (χ4n) is 3.17. The van der Waals surface area contributed by atoms with Gasteiger partial charge in [0.15, 0.2) is 6.67 Å². The third kappa shape index (κ3) is 2.45. The van der Waals surface area contributed by atoms with Crippen molar-refractivity contribution in [3.05, 3.63) is 34.6 Å². The molecule has 0 amide bonds. The smallest absolute Gasteiger partial charge is 0.282 e. The molecule has 0 bridgehead atoms. The fraction of sp³-hybridized carbons (Fsp3) is 0.533. The largest absolute Gasteiger partial charge is 0.314 e. The van der Waals surface area contributed by atoms with Gasteiger partial charge in [-0.3, -0.25) is 4.79 Å². The van der Waals surface area contributed by atoms with Crippen LogP contribution in [0, 0.1) is 0 Å². The molecule has 1 aromatic heterocycles. The van der Waals surface area contributed by atoms with Crippen molar-refractivity contribution in [3.8, 4) is 0 Å². The topological polar surface area (TPSA) is 52.2 Å². The second-order valence-corrected chi connectivity index (χ2v) is 5.58. The molecule has 106 valence electrons. The van der Waals surface area contributed by atoms with Crippen molar-refractivity contribution in [2.24, 2.45) is 0 Å². The molecule has 0 spiro atoms. The Bertz CT molecular complexity index is 652. The van der Waals surface area contributed by atoms with Crippen LogP contribution in [0.5, 0.6) is 0 Å². The number of benzene rings is 1. The summed E-state index contributed by atoms with van der Waals surface area (Å²) in [7, 11) is 0. The summed E-state index contributed by atoms with van der Waals surface area (Å²) >= 11 is 0. The monoisotopic (exact) mass is 273 g/mol. The van der Waals surface area contributed by atoms with Crippen LogP contribution in [-0.2, 0) is 6.67 Å². The summed E-state index contributed by atoms with van der Waals surface area (Å²) in [6, 6.07) is 8.05. The molecule has 1 saturated heterocycles. The van der Waals surface area contributed by atoms with Gasteiger partial charge in [-0.2, -0.15) is 4.68 Å². The molecule has 5 nitrogen and oxygen atoms in total. The van der Waals surface area contributed by atoms with E-state index in [2.05, 4.69) is 17.2 Å². The molecule has 20 heavy (non-hydrogen) atoms. The number of nitrogens with one attached hydrogen (secondary N) is 1. The summed E-state index contributed by atoms with van der Waals surface area (Å²) in [6.45, 7) is 3.99. The minimum absolute atomic E-state index is 0.0245. The zero-order valence-corrected chi connectivity index (χ0v) is 11.9. The van der Waals surface area contributed by atoms with E-state index in [1.807, 2.05) is 24.3 Å². The maximum absolute atomic E-state index is 12.4. The van der Waals surface area contributed by atoms with Crippen LogP contribution in [0.25, 0.3) is 10.9 Å². The Morgan fingerprint density at radius 2 is 2.20 bits per heavy atom. The number of nitrogens with zero attached hydrogens (tertiary/aromatic N) is 3. The Morgan fingerprint density at radius 3 is 3.05 bits per heavy atom. The van der Waals surface area contributed by atoms with Gasteiger partial charge < -0.3 is 4.90 Å². The Hall–Kier alpha value is -1.75. The quantitative estimate of drug-likeness (QED) is 0.891. The van der Waals surface area contributed by atoms with Gasteiger partial charge >= 0.3 is 0 Å². The predicted molar refractivity (Wildman–Crippen MR) is 77.6 cm³/mol. The van der Waals surface area contributed by atoms with Gasteiger partial charge in [0.25, 0.3) is 5.56 Å². The second kappa shape index (κ2) is 5.71. The highest BCUT2D eigenvalue weighted by atomic mass is 16.1. The summed E-state index contributed by atoms with van der Waals surface area (Å²) in [4.78, 5) is 13.9. The summed E-state index contributed by atoms with van der Waals surface area (Å²) < 4.78 is 1.53. The first kappa shape index (κ1) is 13.2. The number of quaternary nitrogens is 1. The van der Waals surface area contributed by atoms with E-state index in [0.29, 0.717) is 23.6 Å². The van der Waals surface area contributed by atoms with E-state index in [0.717, 1.165) is 13.0 Å². The molecule has 1 unspecified atom stereocenters. The van der Waals surface area contributed by atoms with E-state index in [4.69, 9.17) is 0 Å². The van der Waals surface area contributed by atoms with Crippen LogP contribution in [0.15, 0.2) is 29.1 Å². The van der Waals surface area contributed by atoms with Crippen molar-refractivity contribution in [3.63, 3.8) is 0 Å². The van der Waals surface area contributed by atoms with Gasteiger partial charge in [-0.1, -0.05) is 24.3 Å². The highest BCUT2D eigenvalue weighted by molar-refractivity contribution is 5.76. The van der Waals surface area contributed by atoms with Gasteiger partial charge in [-0.15, -0.1) is 5.10 Å². The van der Waals surface area contributed by atoms with E-state index in [-0.39, 0.29) is 5.56 Å². The molecule has 0 radical (unpaired) electrons. The van der Waals surface area contributed by atoms with E-state index >= 15 is 0 Å². The Labute approximate surface area is 118 Å². The molecule has 2 atom stereocenters. The second-order valence-electron chi connectivity index (χ2n) is 5.58. The van der Waals surface area contributed by atoms with Gasteiger partial charge in [0, 0.05) is 0 Å². The predicted octanol–water partition coefficient (Wildman–Crippen LogP) is 0.596. The standard InChI is InChI=1S/C15H20N4O/c1-2-12-7-5-6-10-18(12)11-19-15(20)13-8-3-4-9-14(13)16-17-19/h3-4,8-9,12H,2,5-7,10-11H2,1H3/p+1/t12-/m0/s1. The number of fused-ring (bicyclic) bond motifs is 1. The molecule has 1 aliphatic heterocycles. The lowest BCUT2D eigenvalue weighted by molar-refractivity contribution is -0.953. The average molecular weight is 273 g/mol. The van der Waals surface area contributed by atoms with Gasteiger partial charge in [0.1, 0.15) is 5.52 Å². The third-order valence-electron chi connectivity index (χ3n) is 4.35. The first-order valence-corrected chi connectivity index (χ1v) is 7.46. The van der Waals surface area contributed by atoms with Gasteiger partial charge in [-0.25, -0.2) is 0 Å². The van der Waals surface area contributed by atoms with E-state index < -0.39 is 0 Å². The van der Waals surface area contributed by atoms with Crippen LogP contribution in [0.4, 0.5) is 0 Å². The van der Waals surface area contributed by atoms with Crippen molar-refractivity contribution < 1.29 is 4.90 Å². The van der Waals surface area contributed by atoms with Gasteiger partial charge in [0.2, 0.25) is 0 Å². The van der Waals surface area contributed by atoms with E-state index in [9.17, 15) is 4.79 Å². The highest BCUT2D eigenvalue weighted by Gasteiger charge is 2.25. The highest BCUT2D eigenvalue weighted by Crippen LogP contribution is 2.06. The third-order valence-corrected chi connectivity index (χ3v) is 4.35. The first-order valence-electron chi connectivity index (χ1n) is 7.46.